The number of H-pyrrole nitrogens is 1. The highest BCUT2D eigenvalue weighted by atomic mass is 19.3. The molecule has 1 N–H and O–H groups in total. The largest absolute Gasteiger partial charge is 0.361 e. The highest BCUT2D eigenvalue weighted by Crippen LogP contribution is 2.34. The van der Waals surface area contributed by atoms with Gasteiger partial charge in [0.05, 0.1) is 6.54 Å². The molecule has 0 unspecified atom stereocenters. The first-order chi connectivity index (χ1) is 14.4. The van der Waals surface area contributed by atoms with Gasteiger partial charge >= 0.3 is 6.17 Å². The monoisotopic (exact) mass is 408 g/mol. The fourth-order valence-electron chi connectivity index (χ4n) is 3.81. The molecule has 0 aliphatic carbocycles. The van der Waals surface area contributed by atoms with E-state index in [1.165, 1.54) is 6.20 Å². The Hall–Kier alpha value is -3.60. The molecule has 152 valence electrons. The standard InChI is InChI=1S/C22H18F2N4O2/c1-25-20-10-22(23,24)13-28(20)21(30)7-6-19(29)15-8-9-26-11-16(15)17-12-27-18-5-3-2-4-14(17)18/h2-5,8-9,11-12,20,27H,6-7,10,13H2/t20-/m0/s1. The van der Waals surface area contributed by atoms with E-state index in [4.69, 9.17) is 6.57 Å². The molecular formula is C22H18F2N4O2. The molecule has 30 heavy (non-hydrogen) atoms. The molecule has 1 atom stereocenters. The second kappa shape index (κ2) is 7.67. The number of carbonyl (C=O) groups is 2. The third-order valence-corrected chi connectivity index (χ3v) is 5.28. The van der Waals surface area contributed by atoms with Crippen LogP contribution in [0, 0.1) is 6.57 Å². The Bertz CT molecular complexity index is 1170. The number of amides is 1. The van der Waals surface area contributed by atoms with E-state index in [2.05, 4.69) is 14.8 Å². The number of nitrogens with one attached hydrogen (secondary N) is 1. The molecule has 1 fully saturated rings. The van der Waals surface area contributed by atoms with E-state index in [-0.39, 0.29) is 18.6 Å². The lowest BCUT2D eigenvalue weighted by atomic mass is 9.97. The SMILES string of the molecule is [C-]#[N+][C@@H]1CC(F)(F)CN1C(=O)CCC(=O)c1ccncc1-c1c[nH]c2ccccc12. The Morgan fingerprint density at radius 3 is 2.83 bits per heavy atom. The van der Waals surface area contributed by atoms with Crippen LogP contribution < -0.4 is 0 Å². The van der Waals surface area contributed by atoms with Crippen molar-refractivity contribution in [3.05, 3.63) is 65.9 Å². The first kappa shape index (κ1) is 19.7. The molecule has 1 saturated heterocycles. The van der Waals surface area contributed by atoms with Crippen molar-refractivity contribution in [1.82, 2.24) is 14.9 Å². The Morgan fingerprint density at radius 2 is 2.03 bits per heavy atom. The number of rotatable bonds is 5. The van der Waals surface area contributed by atoms with E-state index >= 15 is 0 Å². The zero-order chi connectivity index (χ0) is 21.3. The number of aromatic amines is 1. The zero-order valence-corrected chi connectivity index (χ0v) is 15.9. The summed E-state index contributed by atoms with van der Waals surface area (Å²) >= 11 is 0. The predicted octanol–water partition coefficient (Wildman–Crippen LogP) is 4.31. The minimum atomic E-state index is -3.07. The van der Waals surface area contributed by atoms with Crippen LogP contribution in [0.5, 0.6) is 0 Å². The summed E-state index contributed by atoms with van der Waals surface area (Å²) in [5.74, 6) is -3.96. The first-order valence-electron chi connectivity index (χ1n) is 9.47. The number of para-hydroxylation sites is 1. The van der Waals surface area contributed by atoms with Crippen LogP contribution in [0.15, 0.2) is 48.9 Å². The number of fused-ring (bicyclic) bond motifs is 1. The van der Waals surface area contributed by atoms with Gasteiger partial charge in [-0.15, -0.1) is 0 Å². The van der Waals surface area contributed by atoms with E-state index in [0.29, 0.717) is 11.1 Å². The van der Waals surface area contributed by atoms with Crippen molar-refractivity contribution in [2.75, 3.05) is 6.54 Å². The average molecular weight is 408 g/mol. The quantitative estimate of drug-likeness (QED) is 0.505. The van der Waals surface area contributed by atoms with Crippen molar-refractivity contribution in [1.29, 1.82) is 0 Å². The molecule has 8 heteroatoms. The molecule has 1 aliphatic heterocycles. The Balaban J connectivity index is 1.53. The second-order valence-corrected chi connectivity index (χ2v) is 7.28. The number of benzene rings is 1. The summed E-state index contributed by atoms with van der Waals surface area (Å²) in [6.45, 7) is 6.27. The van der Waals surface area contributed by atoms with E-state index in [1.807, 2.05) is 24.3 Å². The van der Waals surface area contributed by atoms with Crippen molar-refractivity contribution in [3.8, 4) is 11.1 Å². The number of ketones is 1. The van der Waals surface area contributed by atoms with Crippen LogP contribution in [0.1, 0.15) is 29.6 Å². The lowest BCUT2D eigenvalue weighted by molar-refractivity contribution is -0.132. The van der Waals surface area contributed by atoms with Crippen molar-refractivity contribution in [2.24, 2.45) is 0 Å². The van der Waals surface area contributed by atoms with Crippen LogP contribution in [0.3, 0.4) is 0 Å². The molecule has 0 saturated carbocycles. The number of aromatic nitrogens is 2. The Morgan fingerprint density at radius 1 is 1.23 bits per heavy atom. The molecule has 1 aliphatic rings. The zero-order valence-electron chi connectivity index (χ0n) is 15.9. The van der Waals surface area contributed by atoms with Crippen molar-refractivity contribution < 1.29 is 18.4 Å². The normalized spacial score (nSPS) is 17.8. The third kappa shape index (κ3) is 3.66. The van der Waals surface area contributed by atoms with Crippen LogP contribution in [0.2, 0.25) is 0 Å². The summed E-state index contributed by atoms with van der Waals surface area (Å²) in [5, 5.41) is 0.940. The van der Waals surface area contributed by atoms with Crippen LogP contribution in [-0.4, -0.2) is 45.2 Å². The summed E-state index contributed by atoms with van der Waals surface area (Å²) < 4.78 is 27.2. The summed E-state index contributed by atoms with van der Waals surface area (Å²) in [5.41, 5.74) is 2.79. The van der Waals surface area contributed by atoms with Gasteiger partial charge in [-0.2, -0.15) is 0 Å². The van der Waals surface area contributed by atoms with E-state index in [9.17, 15) is 18.4 Å². The van der Waals surface area contributed by atoms with Gasteiger partial charge in [-0.3, -0.25) is 24.3 Å². The van der Waals surface area contributed by atoms with Gasteiger partial charge < -0.3 is 4.98 Å². The fraction of sp³-hybridized carbons (Fsp3) is 0.273. The summed E-state index contributed by atoms with van der Waals surface area (Å²) in [6, 6.07) is 9.26. The van der Waals surface area contributed by atoms with Crippen LogP contribution >= 0.6 is 0 Å². The van der Waals surface area contributed by atoms with Gasteiger partial charge in [0.15, 0.2) is 5.78 Å². The fourth-order valence-corrected chi connectivity index (χ4v) is 3.81. The van der Waals surface area contributed by atoms with Crippen molar-refractivity contribution in [3.63, 3.8) is 0 Å². The molecule has 1 aromatic carbocycles. The average Bonchev–Trinajstić information content (AvgIpc) is 3.32. The maximum Gasteiger partial charge on any atom is 0.306 e. The molecule has 0 radical (unpaired) electrons. The number of pyridine rings is 1. The molecule has 6 nitrogen and oxygen atoms in total. The minimum absolute atomic E-state index is 0.134. The van der Waals surface area contributed by atoms with Crippen LogP contribution in [0.4, 0.5) is 8.78 Å². The predicted molar refractivity (Wildman–Crippen MR) is 107 cm³/mol. The molecule has 1 amide bonds. The van der Waals surface area contributed by atoms with Gasteiger partial charge in [0.25, 0.3) is 5.92 Å². The maximum atomic E-state index is 13.6. The lowest BCUT2D eigenvalue weighted by Gasteiger charge is -2.16. The Labute approximate surface area is 171 Å². The number of halogens is 2. The highest BCUT2D eigenvalue weighted by Gasteiger charge is 2.50. The van der Waals surface area contributed by atoms with Gasteiger partial charge in [0.2, 0.25) is 5.91 Å². The summed E-state index contributed by atoms with van der Waals surface area (Å²) in [6.07, 6.45) is 2.71. The first-order valence-corrected chi connectivity index (χ1v) is 9.47. The number of hydrogen-bond acceptors (Lipinski definition) is 3. The van der Waals surface area contributed by atoms with E-state index in [1.54, 1.807) is 18.5 Å². The number of hydrogen-bond donors (Lipinski definition) is 1. The van der Waals surface area contributed by atoms with Crippen LogP contribution in [-0.2, 0) is 4.79 Å². The summed E-state index contributed by atoms with van der Waals surface area (Å²) in [7, 11) is 0. The second-order valence-electron chi connectivity index (χ2n) is 7.28. The number of alkyl halides is 2. The minimum Gasteiger partial charge on any atom is -0.361 e. The van der Waals surface area contributed by atoms with Gasteiger partial charge in [0, 0.05) is 59.0 Å². The van der Waals surface area contributed by atoms with Gasteiger partial charge in [-0.25, -0.2) is 15.4 Å². The van der Waals surface area contributed by atoms with Gasteiger partial charge in [-0.1, -0.05) is 18.2 Å². The van der Waals surface area contributed by atoms with Crippen molar-refractivity contribution in [2.45, 2.75) is 31.4 Å². The Kier molecular flexibility index (Phi) is 5.04. The molecule has 3 aromatic rings. The van der Waals surface area contributed by atoms with Crippen LogP contribution in [0.25, 0.3) is 26.9 Å². The van der Waals surface area contributed by atoms with E-state index < -0.39 is 31.0 Å². The summed E-state index contributed by atoms with van der Waals surface area (Å²) in [4.78, 5) is 36.6. The number of carbonyl (C=O) groups excluding carboxylic acids is 2. The molecule has 0 bridgehead atoms. The van der Waals surface area contributed by atoms with E-state index in [0.717, 1.165) is 21.4 Å². The molecule has 4 rings (SSSR count). The topological polar surface area (TPSA) is 70.4 Å². The molecule has 3 heterocycles. The van der Waals surface area contributed by atoms with Crippen molar-refractivity contribution >= 4 is 22.6 Å². The lowest BCUT2D eigenvalue weighted by Crippen LogP contribution is -2.35. The number of Topliss-reactive ketones (excluding diaryl/α,β-unsaturated/α-hetero) is 1. The van der Waals surface area contributed by atoms with Gasteiger partial charge in [0.1, 0.15) is 6.42 Å². The highest BCUT2D eigenvalue weighted by molar-refractivity contribution is 6.07. The van der Waals surface area contributed by atoms with Gasteiger partial charge in [-0.05, 0) is 12.1 Å². The maximum absolute atomic E-state index is 13.6. The third-order valence-electron chi connectivity index (χ3n) is 5.28. The molecular weight excluding hydrogens is 390 g/mol. The number of likely N-dealkylation sites (tertiary alicyclic amines) is 1. The number of nitrogens with zero attached hydrogens (tertiary/aromatic N) is 3. The molecule has 0 spiro atoms. The smallest absolute Gasteiger partial charge is 0.306 e. The molecule has 2 aromatic heterocycles.